The summed E-state index contributed by atoms with van der Waals surface area (Å²) in [6, 6.07) is 3.23. The maximum Gasteiger partial charge on any atom is 0.128 e. The lowest BCUT2D eigenvalue weighted by Crippen LogP contribution is -2.03. The van der Waals surface area contributed by atoms with E-state index in [0.717, 1.165) is 18.2 Å². The highest BCUT2D eigenvalue weighted by Gasteiger charge is 2.06. The molecule has 1 heterocycles. The maximum absolute atomic E-state index is 13.3. The first-order valence-corrected chi connectivity index (χ1v) is 4.63. The van der Waals surface area contributed by atoms with Gasteiger partial charge >= 0.3 is 0 Å². The number of rotatable bonds is 3. The molecule has 0 aliphatic heterocycles. The Hall–Kier alpha value is -1.82. The molecule has 0 atom stereocenters. The van der Waals surface area contributed by atoms with Gasteiger partial charge in [-0.15, -0.1) is 5.10 Å². The van der Waals surface area contributed by atoms with E-state index in [-0.39, 0.29) is 18.7 Å². The van der Waals surface area contributed by atoms with Gasteiger partial charge in [-0.3, -0.25) is 0 Å². The second kappa shape index (κ2) is 4.36. The van der Waals surface area contributed by atoms with E-state index in [9.17, 15) is 8.78 Å². The van der Waals surface area contributed by atoms with E-state index in [1.54, 1.807) is 0 Å². The Morgan fingerprint density at radius 3 is 2.81 bits per heavy atom. The van der Waals surface area contributed by atoms with Gasteiger partial charge in [0, 0.05) is 5.56 Å². The lowest BCUT2D eigenvalue weighted by molar-refractivity contribution is 0.276. The van der Waals surface area contributed by atoms with Gasteiger partial charge in [0.15, 0.2) is 0 Å². The average molecular weight is 225 g/mol. The van der Waals surface area contributed by atoms with Crippen LogP contribution in [0.15, 0.2) is 24.4 Å². The highest BCUT2D eigenvalue weighted by Crippen LogP contribution is 2.11. The van der Waals surface area contributed by atoms with Crippen molar-refractivity contribution in [1.29, 1.82) is 0 Å². The van der Waals surface area contributed by atoms with Crippen LogP contribution in [0, 0.1) is 11.6 Å². The van der Waals surface area contributed by atoms with Crippen molar-refractivity contribution < 1.29 is 13.9 Å². The standard InChI is InChI=1S/C10H9F2N3O/c11-8-1-2-10(12)7(3-8)4-15-5-9(6-16)13-14-15/h1-3,5,16H,4,6H2. The first kappa shape index (κ1) is 10.7. The van der Waals surface area contributed by atoms with Crippen LogP contribution in [0.1, 0.15) is 11.3 Å². The molecule has 0 radical (unpaired) electrons. The third-order valence-corrected chi connectivity index (χ3v) is 2.09. The SMILES string of the molecule is OCc1cn(Cc2cc(F)ccc2F)nn1. The van der Waals surface area contributed by atoms with Crippen LogP contribution in [-0.4, -0.2) is 20.1 Å². The molecule has 0 fully saturated rings. The second-order valence-electron chi connectivity index (χ2n) is 3.30. The molecule has 0 aliphatic carbocycles. The van der Waals surface area contributed by atoms with Crippen molar-refractivity contribution in [3.8, 4) is 0 Å². The number of halogens is 2. The molecule has 0 saturated heterocycles. The Labute approximate surface area is 90.1 Å². The van der Waals surface area contributed by atoms with Crippen LogP contribution in [0.25, 0.3) is 0 Å². The van der Waals surface area contributed by atoms with Crippen LogP contribution < -0.4 is 0 Å². The molecule has 4 nitrogen and oxygen atoms in total. The Morgan fingerprint density at radius 1 is 1.31 bits per heavy atom. The van der Waals surface area contributed by atoms with Gasteiger partial charge in [-0.25, -0.2) is 13.5 Å². The Balaban J connectivity index is 2.22. The van der Waals surface area contributed by atoms with Gasteiger partial charge < -0.3 is 5.11 Å². The van der Waals surface area contributed by atoms with Gasteiger partial charge in [0.2, 0.25) is 0 Å². The van der Waals surface area contributed by atoms with Crippen molar-refractivity contribution in [1.82, 2.24) is 15.0 Å². The number of nitrogens with zero attached hydrogens (tertiary/aromatic N) is 3. The molecular weight excluding hydrogens is 216 g/mol. The molecule has 16 heavy (non-hydrogen) atoms. The van der Waals surface area contributed by atoms with E-state index in [1.807, 2.05) is 0 Å². The molecule has 84 valence electrons. The van der Waals surface area contributed by atoms with Crippen molar-refractivity contribution >= 4 is 0 Å². The summed E-state index contributed by atoms with van der Waals surface area (Å²) in [6.45, 7) is -0.151. The van der Waals surface area contributed by atoms with Crippen LogP contribution in [0.3, 0.4) is 0 Å². The van der Waals surface area contributed by atoms with Gasteiger partial charge in [-0.05, 0) is 18.2 Å². The molecule has 0 aliphatic rings. The number of hydrogen-bond donors (Lipinski definition) is 1. The molecule has 2 rings (SSSR count). The van der Waals surface area contributed by atoms with Gasteiger partial charge in [0.1, 0.15) is 17.3 Å². The second-order valence-corrected chi connectivity index (χ2v) is 3.30. The summed E-state index contributed by atoms with van der Waals surface area (Å²) in [6.07, 6.45) is 1.48. The quantitative estimate of drug-likeness (QED) is 0.850. The third-order valence-electron chi connectivity index (χ3n) is 2.09. The van der Waals surface area contributed by atoms with Crippen molar-refractivity contribution in [3.63, 3.8) is 0 Å². The zero-order valence-corrected chi connectivity index (χ0v) is 8.27. The molecule has 1 N–H and O–H groups in total. The van der Waals surface area contributed by atoms with Gasteiger partial charge in [0.25, 0.3) is 0 Å². The van der Waals surface area contributed by atoms with E-state index in [1.165, 1.54) is 10.9 Å². The summed E-state index contributed by atoms with van der Waals surface area (Å²) in [7, 11) is 0. The van der Waals surface area contributed by atoms with E-state index in [0.29, 0.717) is 5.69 Å². The van der Waals surface area contributed by atoms with Gasteiger partial charge in [0.05, 0.1) is 19.3 Å². The molecule has 1 aromatic heterocycles. The van der Waals surface area contributed by atoms with Crippen molar-refractivity contribution in [3.05, 3.63) is 47.3 Å². The summed E-state index contributed by atoms with van der Waals surface area (Å²) in [5, 5.41) is 16.1. The van der Waals surface area contributed by atoms with E-state index in [4.69, 9.17) is 5.11 Å². The van der Waals surface area contributed by atoms with Crippen molar-refractivity contribution in [2.75, 3.05) is 0 Å². The fraction of sp³-hybridized carbons (Fsp3) is 0.200. The number of aliphatic hydroxyl groups excluding tert-OH is 1. The predicted molar refractivity (Wildman–Crippen MR) is 51.4 cm³/mol. The normalized spacial score (nSPS) is 10.7. The monoisotopic (exact) mass is 225 g/mol. The average Bonchev–Trinajstić information content (AvgIpc) is 2.71. The minimum Gasteiger partial charge on any atom is -0.390 e. The number of aromatic nitrogens is 3. The fourth-order valence-corrected chi connectivity index (χ4v) is 1.33. The van der Waals surface area contributed by atoms with Crippen LogP contribution in [0.5, 0.6) is 0 Å². The first-order chi connectivity index (χ1) is 7.69. The van der Waals surface area contributed by atoms with Crippen LogP contribution in [-0.2, 0) is 13.2 Å². The summed E-state index contributed by atoms with van der Waals surface area (Å²) in [5.41, 5.74) is 0.575. The maximum atomic E-state index is 13.3. The summed E-state index contributed by atoms with van der Waals surface area (Å²) in [5.74, 6) is -0.999. The minimum absolute atomic E-state index is 0.0800. The van der Waals surface area contributed by atoms with Crippen molar-refractivity contribution in [2.45, 2.75) is 13.2 Å². The molecule has 0 bridgehead atoms. The van der Waals surface area contributed by atoms with Crippen LogP contribution in [0.4, 0.5) is 8.78 Å². The van der Waals surface area contributed by atoms with Crippen LogP contribution >= 0.6 is 0 Å². The van der Waals surface area contributed by atoms with Crippen molar-refractivity contribution in [2.24, 2.45) is 0 Å². The van der Waals surface area contributed by atoms with Gasteiger partial charge in [-0.1, -0.05) is 5.21 Å². The Morgan fingerprint density at radius 2 is 2.12 bits per heavy atom. The molecule has 0 saturated carbocycles. The van der Waals surface area contributed by atoms with E-state index >= 15 is 0 Å². The largest absolute Gasteiger partial charge is 0.390 e. The first-order valence-electron chi connectivity index (χ1n) is 4.63. The number of aliphatic hydroxyl groups is 1. The zero-order chi connectivity index (χ0) is 11.5. The van der Waals surface area contributed by atoms with E-state index < -0.39 is 11.6 Å². The highest BCUT2D eigenvalue weighted by molar-refractivity contribution is 5.18. The summed E-state index contributed by atoms with van der Waals surface area (Å²) in [4.78, 5) is 0. The van der Waals surface area contributed by atoms with E-state index in [2.05, 4.69) is 10.3 Å². The summed E-state index contributed by atoms with van der Waals surface area (Å²) < 4.78 is 27.5. The summed E-state index contributed by atoms with van der Waals surface area (Å²) >= 11 is 0. The molecule has 0 amide bonds. The topological polar surface area (TPSA) is 50.9 Å². The molecule has 2 aromatic rings. The molecule has 0 unspecified atom stereocenters. The minimum atomic E-state index is -0.501. The lowest BCUT2D eigenvalue weighted by Gasteiger charge is -2.02. The number of hydrogen-bond acceptors (Lipinski definition) is 3. The number of benzene rings is 1. The molecular formula is C10H9F2N3O. The predicted octanol–water partition coefficient (Wildman–Crippen LogP) is 1.10. The Bertz CT molecular complexity index is 499. The third kappa shape index (κ3) is 2.22. The fourth-order valence-electron chi connectivity index (χ4n) is 1.33. The van der Waals surface area contributed by atoms with Crippen LogP contribution in [0.2, 0.25) is 0 Å². The van der Waals surface area contributed by atoms with Gasteiger partial charge in [-0.2, -0.15) is 0 Å². The highest BCUT2D eigenvalue weighted by atomic mass is 19.1. The molecule has 6 heteroatoms. The lowest BCUT2D eigenvalue weighted by atomic mass is 10.2. The molecule has 1 aromatic carbocycles. The zero-order valence-electron chi connectivity index (χ0n) is 8.27. The smallest absolute Gasteiger partial charge is 0.128 e. The molecule has 0 spiro atoms. The Kier molecular flexibility index (Phi) is 2.91.